The highest BCUT2D eigenvalue weighted by atomic mass is 16.5. The van der Waals surface area contributed by atoms with Crippen LogP contribution in [-0.2, 0) is 0 Å². The first-order chi connectivity index (χ1) is 19.5. The normalized spacial score (nSPS) is 10.7. The summed E-state index contributed by atoms with van der Waals surface area (Å²) >= 11 is 0. The predicted octanol–water partition coefficient (Wildman–Crippen LogP) is 7.15. The fraction of sp³-hybridized carbons (Fsp3) is 0.375. The maximum absolute atomic E-state index is 12.8. The van der Waals surface area contributed by atoms with E-state index >= 15 is 0 Å². The van der Waals surface area contributed by atoms with Crippen LogP contribution in [0.2, 0.25) is 0 Å². The van der Waals surface area contributed by atoms with Crippen LogP contribution >= 0.6 is 0 Å². The average molecular weight is 547 g/mol. The third-order valence-corrected chi connectivity index (χ3v) is 6.39. The number of nitrogens with zero attached hydrogens (tertiary/aromatic N) is 1. The number of benzene rings is 3. The van der Waals surface area contributed by atoms with Crippen LogP contribution in [-0.4, -0.2) is 50.1 Å². The third-order valence-electron chi connectivity index (χ3n) is 6.39. The Morgan fingerprint density at radius 2 is 1.35 bits per heavy atom. The molecule has 0 saturated heterocycles. The van der Waals surface area contributed by atoms with E-state index in [1.807, 2.05) is 30.3 Å². The highest BCUT2D eigenvalue weighted by Crippen LogP contribution is 2.25. The molecule has 0 heterocycles. The van der Waals surface area contributed by atoms with Gasteiger partial charge in [-0.05, 0) is 87.4 Å². The average Bonchev–Trinajstić information content (AvgIpc) is 2.97. The van der Waals surface area contributed by atoms with E-state index < -0.39 is 6.03 Å². The molecule has 3 N–H and O–H groups in total. The van der Waals surface area contributed by atoms with Gasteiger partial charge in [-0.15, -0.1) is 0 Å². The van der Waals surface area contributed by atoms with Crippen molar-refractivity contribution >= 4 is 23.3 Å². The quantitative estimate of drug-likeness (QED) is 0.166. The van der Waals surface area contributed by atoms with Gasteiger partial charge in [0, 0.05) is 24.0 Å². The Balaban J connectivity index is 1.48. The molecule has 8 heteroatoms. The van der Waals surface area contributed by atoms with Gasteiger partial charge in [-0.25, -0.2) is 4.79 Å². The lowest BCUT2D eigenvalue weighted by Crippen LogP contribution is -2.31. The van der Waals surface area contributed by atoms with Crippen LogP contribution < -0.4 is 25.4 Å². The molecule has 3 aromatic carbocycles. The minimum atomic E-state index is -0.410. The molecule has 8 nitrogen and oxygen atoms in total. The number of urea groups is 1. The summed E-state index contributed by atoms with van der Waals surface area (Å²) in [6, 6.07) is 21.2. The molecule has 214 valence electrons. The molecule has 3 amide bonds. The first-order valence-electron chi connectivity index (χ1n) is 14.1. The highest BCUT2D eigenvalue weighted by molar-refractivity contribution is 6.01. The fourth-order valence-electron chi connectivity index (χ4n) is 4.18. The van der Waals surface area contributed by atoms with E-state index in [9.17, 15) is 9.59 Å². The third kappa shape index (κ3) is 10.3. The van der Waals surface area contributed by atoms with Gasteiger partial charge >= 0.3 is 6.03 Å². The lowest BCUT2D eigenvalue weighted by atomic mass is 10.1. The van der Waals surface area contributed by atoms with Gasteiger partial charge in [0.2, 0.25) is 0 Å². The molecule has 0 saturated carbocycles. The largest absolute Gasteiger partial charge is 0.496 e. The number of hydrogen-bond donors (Lipinski definition) is 3. The number of carbonyl (C=O) groups excluding carboxylic acids is 2. The standard InChI is InChI=1S/C32H42N4O4/c1-4-6-21-36(22-7-5-2)23-11-20-33-31(37)29-19-16-26(24-30(29)39-3)35-32(38)34-25-14-17-28(18-15-25)40-27-12-9-8-10-13-27/h8-10,12-19,24H,4-7,11,20-23H2,1-3H3,(H,33,37)(H2,34,35,38). The minimum absolute atomic E-state index is 0.195. The van der Waals surface area contributed by atoms with Crippen molar-refractivity contribution in [1.82, 2.24) is 10.2 Å². The van der Waals surface area contributed by atoms with E-state index in [4.69, 9.17) is 9.47 Å². The molecule has 0 fully saturated rings. The second-order valence-electron chi connectivity index (χ2n) is 9.59. The Kier molecular flexibility index (Phi) is 12.8. The van der Waals surface area contributed by atoms with Crippen molar-refractivity contribution in [1.29, 1.82) is 0 Å². The fourth-order valence-corrected chi connectivity index (χ4v) is 4.18. The lowest BCUT2D eigenvalue weighted by Gasteiger charge is -2.22. The Morgan fingerprint density at radius 3 is 2.00 bits per heavy atom. The zero-order valence-corrected chi connectivity index (χ0v) is 23.9. The summed E-state index contributed by atoms with van der Waals surface area (Å²) in [5, 5.41) is 8.58. The molecule has 0 unspecified atom stereocenters. The van der Waals surface area contributed by atoms with Crippen molar-refractivity contribution in [2.75, 3.05) is 43.9 Å². The van der Waals surface area contributed by atoms with E-state index in [0.29, 0.717) is 35.0 Å². The first-order valence-corrected chi connectivity index (χ1v) is 14.1. The predicted molar refractivity (Wildman–Crippen MR) is 162 cm³/mol. The van der Waals surface area contributed by atoms with Crippen molar-refractivity contribution < 1.29 is 19.1 Å². The first kappa shape index (κ1) is 30.5. The number of carbonyl (C=O) groups is 2. The Bertz CT molecular complexity index is 1180. The van der Waals surface area contributed by atoms with Gasteiger partial charge in [-0.1, -0.05) is 44.9 Å². The number of unbranched alkanes of at least 4 members (excludes halogenated alkanes) is 2. The maximum Gasteiger partial charge on any atom is 0.323 e. The van der Waals surface area contributed by atoms with Gasteiger partial charge in [-0.2, -0.15) is 0 Å². The number of para-hydroxylation sites is 1. The van der Waals surface area contributed by atoms with Gasteiger partial charge in [0.1, 0.15) is 17.2 Å². The van der Waals surface area contributed by atoms with Crippen LogP contribution in [0.1, 0.15) is 56.3 Å². The Labute approximate surface area is 238 Å². The Morgan fingerprint density at radius 1 is 0.750 bits per heavy atom. The lowest BCUT2D eigenvalue weighted by molar-refractivity contribution is 0.0948. The molecular weight excluding hydrogens is 504 g/mol. The van der Waals surface area contributed by atoms with Gasteiger partial charge in [-0.3, -0.25) is 4.79 Å². The smallest absolute Gasteiger partial charge is 0.323 e. The molecule has 0 radical (unpaired) electrons. The van der Waals surface area contributed by atoms with Crippen molar-refractivity contribution in [3.63, 3.8) is 0 Å². The van der Waals surface area contributed by atoms with Crippen molar-refractivity contribution in [3.05, 3.63) is 78.4 Å². The SMILES string of the molecule is CCCCN(CCCC)CCCNC(=O)c1ccc(NC(=O)Nc2ccc(Oc3ccccc3)cc2)cc1OC. The van der Waals surface area contributed by atoms with E-state index in [-0.39, 0.29) is 5.91 Å². The summed E-state index contributed by atoms with van der Waals surface area (Å²) < 4.78 is 11.2. The van der Waals surface area contributed by atoms with Gasteiger partial charge in [0.05, 0.1) is 12.7 Å². The summed E-state index contributed by atoms with van der Waals surface area (Å²) in [4.78, 5) is 27.9. The molecule has 0 atom stereocenters. The van der Waals surface area contributed by atoms with Crippen LogP contribution in [0.4, 0.5) is 16.2 Å². The molecule has 0 aromatic heterocycles. The summed E-state index contributed by atoms with van der Waals surface area (Å²) in [5.74, 6) is 1.61. The molecule has 0 aliphatic heterocycles. The zero-order valence-electron chi connectivity index (χ0n) is 23.9. The monoisotopic (exact) mass is 546 g/mol. The van der Waals surface area contributed by atoms with Crippen LogP contribution in [0, 0.1) is 0 Å². The highest BCUT2D eigenvalue weighted by Gasteiger charge is 2.14. The van der Waals surface area contributed by atoms with E-state index in [1.165, 1.54) is 32.8 Å². The van der Waals surface area contributed by atoms with Crippen LogP contribution in [0.15, 0.2) is 72.8 Å². The molecule has 0 aliphatic carbocycles. The molecule has 0 bridgehead atoms. The molecule has 40 heavy (non-hydrogen) atoms. The molecular formula is C32H42N4O4. The number of ether oxygens (including phenoxy) is 2. The van der Waals surface area contributed by atoms with Crippen LogP contribution in [0.5, 0.6) is 17.2 Å². The number of anilines is 2. The van der Waals surface area contributed by atoms with E-state index in [2.05, 4.69) is 34.7 Å². The summed E-state index contributed by atoms with van der Waals surface area (Å²) in [6.45, 7) is 8.19. The topological polar surface area (TPSA) is 91.9 Å². The van der Waals surface area contributed by atoms with Crippen LogP contribution in [0.3, 0.4) is 0 Å². The summed E-state index contributed by atoms with van der Waals surface area (Å²) in [5.41, 5.74) is 1.55. The minimum Gasteiger partial charge on any atom is -0.496 e. The number of nitrogens with one attached hydrogen (secondary N) is 3. The summed E-state index contributed by atoms with van der Waals surface area (Å²) in [6.07, 6.45) is 5.65. The van der Waals surface area contributed by atoms with Crippen molar-refractivity contribution in [2.45, 2.75) is 46.0 Å². The van der Waals surface area contributed by atoms with Crippen molar-refractivity contribution in [2.24, 2.45) is 0 Å². The second-order valence-corrected chi connectivity index (χ2v) is 9.59. The Hall–Kier alpha value is -4.04. The maximum atomic E-state index is 12.8. The molecule has 0 spiro atoms. The number of rotatable bonds is 16. The number of hydrogen-bond acceptors (Lipinski definition) is 5. The van der Waals surface area contributed by atoms with Crippen molar-refractivity contribution in [3.8, 4) is 17.2 Å². The number of methoxy groups -OCH3 is 1. The number of amides is 3. The molecule has 3 rings (SSSR count). The summed E-state index contributed by atoms with van der Waals surface area (Å²) in [7, 11) is 1.51. The zero-order chi connectivity index (χ0) is 28.6. The van der Waals surface area contributed by atoms with Crippen LogP contribution in [0.25, 0.3) is 0 Å². The van der Waals surface area contributed by atoms with E-state index in [1.54, 1.807) is 42.5 Å². The van der Waals surface area contributed by atoms with Gasteiger partial charge in [0.15, 0.2) is 0 Å². The molecule has 0 aliphatic rings. The van der Waals surface area contributed by atoms with Gasteiger partial charge in [0.25, 0.3) is 5.91 Å². The molecule has 3 aromatic rings. The second kappa shape index (κ2) is 16.8. The van der Waals surface area contributed by atoms with Gasteiger partial charge < -0.3 is 30.3 Å². The van der Waals surface area contributed by atoms with E-state index in [0.717, 1.165) is 31.8 Å².